The molecule has 0 aliphatic carbocycles. The number of methoxy groups -OCH3 is 1. The lowest BCUT2D eigenvalue weighted by atomic mass is 10.1. The number of nitrogens with zero attached hydrogens (tertiary/aromatic N) is 1. The maximum Gasteiger partial charge on any atom is 0.254 e. The fraction of sp³-hybridized carbons (Fsp3) is 0.500. The van der Waals surface area contributed by atoms with Gasteiger partial charge in [0.1, 0.15) is 0 Å². The zero-order chi connectivity index (χ0) is 16.2. The normalized spacial score (nSPS) is 11.7. The molecule has 1 rings (SSSR count). The Morgan fingerprint density at radius 1 is 1.38 bits per heavy atom. The van der Waals surface area contributed by atoms with Crippen molar-refractivity contribution in [1.29, 1.82) is 0 Å². The first kappa shape index (κ1) is 17.6. The molecule has 0 aliphatic heterocycles. The minimum absolute atomic E-state index is 0.0230. The second-order valence-corrected chi connectivity index (χ2v) is 6.67. The van der Waals surface area contributed by atoms with Crippen LogP contribution in [-0.4, -0.2) is 45.5 Å². The lowest BCUT2D eigenvalue weighted by Crippen LogP contribution is -2.39. The number of nitrogens with two attached hydrogens (primary N) is 1. The van der Waals surface area contributed by atoms with Crippen molar-refractivity contribution in [3.8, 4) is 0 Å². The molecule has 0 spiro atoms. The lowest BCUT2D eigenvalue weighted by Gasteiger charge is -2.27. The van der Waals surface area contributed by atoms with Gasteiger partial charge >= 0.3 is 0 Å². The number of carbonyl (C=O) groups is 1. The van der Waals surface area contributed by atoms with E-state index >= 15 is 0 Å². The molecule has 1 amide bonds. The molecule has 0 unspecified atom stereocenters. The number of carbonyl (C=O) groups excluding carboxylic acids is 1. The van der Waals surface area contributed by atoms with Crippen LogP contribution in [0.25, 0.3) is 0 Å². The van der Waals surface area contributed by atoms with Gasteiger partial charge in [0, 0.05) is 25.3 Å². The summed E-state index contributed by atoms with van der Waals surface area (Å²) in [6.45, 7) is 6.40. The summed E-state index contributed by atoms with van der Waals surface area (Å²) in [6, 6.07) is 4.29. The molecule has 0 aliphatic rings. The van der Waals surface area contributed by atoms with E-state index in [4.69, 9.17) is 9.88 Å². The van der Waals surface area contributed by atoms with Gasteiger partial charge in [-0.15, -0.1) is 0 Å². The fourth-order valence-corrected chi connectivity index (χ4v) is 2.49. The number of primary sulfonamides is 1. The van der Waals surface area contributed by atoms with Crippen LogP contribution in [0.2, 0.25) is 0 Å². The average molecular weight is 314 g/mol. The van der Waals surface area contributed by atoms with Crippen molar-refractivity contribution in [2.45, 2.75) is 31.7 Å². The summed E-state index contributed by atoms with van der Waals surface area (Å²) in [4.78, 5) is 14.2. The molecular formula is C14H22N2O4S. The van der Waals surface area contributed by atoms with E-state index in [1.165, 1.54) is 12.1 Å². The van der Waals surface area contributed by atoms with Crippen molar-refractivity contribution in [3.63, 3.8) is 0 Å². The summed E-state index contributed by atoms with van der Waals surface area (Å²) in [7, 11) is -2.27. The number of amides is 1. The SMILES string of the molecule is COCCN(C(=O)c1cc(S(N)(=O)=O)ccc1C)C(C)C. The molecule has 6 nitrogen and oxygen atoms in total. The van der Waals surface area contributed by atoms with Gasteiger partial charge in [-0.3, -0.25) is 4.79 Å². The molecule has 0 saturated carbocycles. The predicted octanol–water partition coefficient (Wildman–Crippen LogP) is 1.14. The predicted molar refractivity (Wildman–Crippen MR) is 80.6 cm³/mol. The molecule has 118 valence electrons. The highest BCUT2D eigenvalue weighted by Gasteiger charge is 2.21. The van der Waals surface area contributed by atoms with Crippen LogP contribution in [0.3, 0.4) is 0 Å². The van der Waals surface area contributed by atoms with Gasteiger partial charge < -0.3 is 9.64 Å². The van der Waals surface area contributed by atoms with Crippen LogP contribution in [0, 0.1) is 6.92 Å². The Labute approximate surface area is 125 Å². The largest absolute Gasteiger partial charge is 0.383 e. The summed E-state index contributed by atoms with van der Waals surface area (Å²) in [5.41, 5.74) is 1.04. The Balaban J connectivity index is 3.21. The summed E-state index contributed by atoms with van der Waals surface area (Å²) >= 11 is 0. The van der Waals surface area contributed by atoms with Crippen molar-refractivity contribution < 1.29 is 17.9 Å². The van der Waals surface area contributed by atoms with Gasteiger partial charge in [0.05, 0.1) is 11.5 Å². The number of sulfonamides is 1. The number of benzene rings is 1. The molecule has 2 N–H and O–H groups in total. The van der Waals surface area contributed by atoms with Crippen LogP contribution in [-0.2, 0) is 14.8 Å². The minimum Gasteiger partial charge on any atom is -0.383 e. The molecule has 0 aromatic heterocycles. The molecular weight excluding hydrogens is 292 g/mol. The molecule has 0 saturated heterocycles. The fourth-order valence-electron chi connectivity index (χ4n) is 1.95. The Bertz CT molecular complexity index is 611. The first-order valence-electron chi connectivity index (χ1n) is 6.61. The first-order valence-corrected chi connectivity index (χ1v) is 8.16. The van der Waals surface area contributed by atoms with E-state index in [9.17, 15) is 13.2 Å². The quantitative estimate of drug-likeness (QED) is 0.852. The van der Waals surface area contributed by atoms with Crippen molar-refractivity contribution in [1.82, 2.24) is 4.90 Å². The van der Waals surface area contributed by atoms with Gasteiger partial charge in [-0.25, -0.2) is 13.6 Å². The van der Waals surface area contributed by atoms with Gasteiger partial charge in [0.15, 0.2) is 0 Å². The van der Waals surface area contributed by atoms with Crippen molar-refractivity contribution in [2.75, 3.05) is 20.3 Å². The van der Waals surface area contributed by atoms with Crippen LogP contribution in [0.5, 0.6) is 0 Å². The number of hydrogen-bond donors (Lipinski definition) is 1. The third-order valence-electron chi connectivity index (χ3n) is 3.19. The Morgan fingerprint density at radius 2 is 2.00 bits per heavy atom. The maximum absolute atomic E-state index is 12.6. The Morgan fingerprint density at radius 3 is 2.48 bits per heavy atom. The lowest BCUT2D eigenvalue weighted by molar-refractivity contribution is 0.0634. The van der Waals surface area contributed by atoms with E-state index in [0.29, 0.717) is 24.3 Å². The van der Waals surface area contributed by atoms with Gasteiger partial charge in [-0.1, -0.05) is 6.07 Å². The average Bonchev–Trinajstić information content (AvgIpc) is 2.37. The van der Waals surface area contributed by atoms with Crippen LogP contribution in [0.1, 0.15) is 29.8 Å². The topological polar surface area (TPSA) is 89.7 Å². The van der Waals surface area contributed by atoms with E-state index in [1.54, 1.807) is 25.0 Å². The number of aryl methyl sites for hydroxylation is 1. The molecule has 1 aromatic rings. The molecule has 0 radical (unpaired) electrons. The Kier molecular flexibility index (Phi) is 5.88. The van der Waals surface area contributed by atoms with Crippen LogP contribution in [0.4, 0.5) is 0 Å². The van der Waals surface area contributed by atoms with Crippen molar-refractivity contribution >= 4 is 15.9 Å². The monoisotopic (exact) mass is 314 g/mol. The van der Waals surface area contributed by atoms with Gasteiger partial charge in [0.25, 0.3) is 5.91 Å². The molecule has 1 aromatic carbocycles. The Hall–Kier alpha value is -1.44. The van der Waals surface area contributed by atoms with E-state index in [-0.39, 0.29) is 16.8 Å². The molecule has 21 heavy (non-hydrogen) atoms. The van der Waals surface area contributed by atoms with E-state index < -0.39 is 10.0 Å². The van der Waals surface area contributed by atoms with Crippen LogP contribution >= 0.6 is 0 Å². The summed E-state index contributed by atoms with van der Waals surface area (Å²) in [6.07, 6.45) is 0. The maximum atomic E-state index is 12.6. The smallest absolute Gasteiger partial charge is 0.254 e. The van der Waals surface area contributed by atoms with Gasteiger partial charge in [0.2, 0.25) is 10.0 Å². The van der Waals surface area contributed by atoms with Gasteiger partial charge in [-0.05, 0) is 38.5 Å². The van der Waals surface area contributed by atoms with Crippen molar-refractivity contribution in [2.24, 2.45) is 5.14 Å². The van der Waals surface area contributed by atoms with E-state index in [0.717, 1.165) is 0 Å². The molecule has 0 bridgehead atoms. The van der Waals surface area contributed by atoms with E-state index in [2.05, 4.69) is 0 Å². The highest BCUT2D eigenvalue weighted by molar-refractivity contribution is 7.89. The molecule has 7 heteroatoms. The highest BCUT2D eigenvalue weighted by Crippen LogP contribution is 2.17. The first-order chi connectivity index (χ1) is 9.68. The minimum atomic E-state index is -3.83. The zero-order valence-electron chi connectivity index (χ0n) is 12.8. The number of rotatable bonds is 6. The standard InChI is InChI=1S/C14H22N2O4S/c1-10(2)16(7-8-20-4)14(17)13-9-12(21(15,18)19)6-5-11(13)3/h5-6,9-10H,7-8H2,1-4H3,(H2,15,18,19). The molecule has 0 atom stereocenters. The third kappa shape index (κ3) is 4.52. The second kappa shape index (κ2) is 7.02. The number of hydrogen-bond acceptors (Lipinski definition) is 4. The molecule has 0 fully saturated rings. The number of ether oxygens (including phenoxy) is 1. The van der Waals surface area contributed by atoms with Gasteiger partial charge in [-0.2, -0.15) is 0 Å². The summed E-state index contributed by atoms with van der Waals surface area (Å²) < 4.78 is 27.9. The van der Waals surface area contributed by atoms with Crippen LogP contribution in [0.15, 0.2) is 23.1 Å². The zero-order valence-corrected chi connectivity index (χ0v) is 13.6. The highest BCUT2D eigenvalue weighted by atomic mass is 32.2. The summed E-state index contributed by atoms with van der Waals surface area (Å²) in [5, 5.41) is 5.12. The van der Waals surface area contributed by atoms with Crippen molar-refractivity contribution in [3.05, 3.63) is 29.3 Å². The van der Waals surface area contributed by atoms with Crippen LogP contribution < -0.4 is 5.14 Å². The third-order valence-corrected chi connectivity index (χ3v) is 4.10. The molecule has 0 heterocycles. The van der Waals surface area contributed by atoms with E-state index in [1.807, 2.05) is 13.8 Å². The summed E-state index contributed by atoms with van der Waals surface area (Å²) in [5.74, 6) is -0.231. The second-order valence-electron chi connectivity index (χ2n) is 5.11.